The average Bonchev–Trinajstić information content (AvgIpc) is 3.10. The van der Waals surface area contributed by atoms with E-state index in [0.717, 1.165) is 33.3 Å². The first-order chi connectivity index (χ1) is 13.5. The maximum absolute atomic E-state index is 12.3. The summed E-state index contributed by atoms with van der Waals surface area (Å²) < 4.78 is 7.13. The Hall–Kier alpha value is -2.18. The van der Waals surface area contributed by atoms with Crippen LogP contribution in [0.1, 0.15) is 49.0 Å². The second-order valence-corrected chi connectivity index (χ2v) is 7.95. The molecule has 0 aliphatic carbocycles. The van der Waals surface area contributed by atoms with E-state index in [2.05, 4.69) is 21.1 Å². The molecule has 0 spiro atoms. The Labute approximate surface area is 173 Å². The first-order valence-electron chi connectivity index (χ1n) is 9.35. The van der Waals surface area contributed by atoms with Crippen molar-refractivity contribution in [2.45, 2.75) is 51.4 Å². The van der Waals surface area contributed by atoms with E-state index in [9.17, 15) is 9.90 Å². The smallest absolute Gasteiger partial charge is 0.354 e. The van der Waals surface area contributed by atoms with Crippen LogP contribution in [0.5, 0.6) is 0 Å². The normalized spacial score (nSPS) is 19.8. The van der Waals surface area contributed by atoms with Crippen molar-refractivity contribution in [3.05, 3.63) is 69.7 Å². The van der Waals surface area contributed by atoms with Crippen LogP contribution < -0.4 is 0 Å². The Bertz CT molecular complexity index is 865. The molecule has 2 aromatic carbocycles. The summed E-state index contributed by atoms with van der Waals surface area (Å²) >= 11 is 3.42. The highest BCUT2D eigenvalue weighted by atomic mass is 79.9. The second-order valence-electron chi connectivity index (χ2n) is 7.04. The average molecular weight is 446 g/mol. The number of carbonyl (C=O) groups is 1. The molecule has 2 aromatic rings. The number of oxime groups is 1. The number of hydrogen-bond donors (Lipinski definition) is 1. The van der Waals surface area contributed by atoms with E-state index in [1.165, 1.54) is 0 Å². The van der Waals surface area contributed by atoms with Gasteiger partial charge in [0, 0.05) is 10.9 Å². The number of aryl methyl sites for hydroxylation is 1. The fourth-order valence-corrected chi connectivity index (χ4v) is 3.65. The summed E-state index contributed by atoms with van der Waals surface area (Å²) in [7, 11) is 0. The Balaban J connectivity index is 1.94. The lowest BCUT2D eigenvalue weighted by atomic mass is 9.85. The van der Waals surface area contributed by atoms with E-state index >= 15 is 0 Å². The monoisotopic (exact) mass is 445 g/mol. The van der Waals surface area contributed by atoms with Gasteiger partial charge in [-0.05, 0) is 42.2 Å². The molecule has 0 saturated carbocycles. The summed E-state index contributed by atoms with van der Waals surface area (Å²) in [6.07, 6.45) is 1.01. The molecule has 0 fully saturated rings. The van der Waals surface area contributed by atoms with Crippen molar-refractivity contribution in [1.82, 2.24) is 0 Å². The molecule has 6 heteroatoms. The number of carboxylic acids is 1. The zero-order valence-corrected chi connectivity index (χ0v) is 17.6. The van der Waals surface area contributed by atoms with Gasteiger partial charge in [-0.25, -0.2) is 4.79 Å². The fraction of sp³-hybridized carbons (Fsp3) is 0.364. The lowest BCUT2D eigenvalue weighted by molar-refractivity contribution is -0.187. The highest BCUT2D eigenvalue weighted by Crippen LogP contribution is 2.41. The molecule has 0 radical (unpaired) electrons. The summed E-state index contributed by atoms with van der Waals surface area (Å²) in [5.41, 5.74) is 2.04. The van der Waals surface area contributed by atoms with Gasteiger partial charge in [0.25, 0.3) is 5.60 Å². The molecule has 0 aromatic heterocycles. The fourth-order valence-electron chi connectivity index (χ4n) is 3.39. The van der Waals surface area contributed by atoms with Crippen LogP contribution in [-0.4, -0.2) is 22.4 Å². The number of ether oxygens (including phenoxy) is 1. The van der Waals surface area contributed by atoms with Crippen molar-refractivity contribution in [1.29, 1.82) is 0 Å². The highest BCUT2D eigenvalue weighted by Gasteiger charge is 2.54. The molecule has 5 nitrogen and oxygen atoms in total. The Morgan fingerprint density at radius 3 is 2.64 bits per heavy atom. The number of carboxylic acid groups (broad SMARTS) is 1. The Morgan fingerprint density at radius 1 is 1.29 bits per heavy atom. The van der Waals surface area contributed by atoms with Crippen LogP contribution in [0.3, 0.4) is 0 Å². The minimum absolute atomic E-state index is 0.213. The summed E-state index contributed by atoms with van der Waals surface area (Å²) in [6, 6.07) is 15.4. The Kier molecular flexibility index (Phi) is 6.52. The van der Waals surface area contributed by atoms with Crippen LogP contribution >= 0.6 is 15.9 Å². The van der Waals surface area contributed by atoms with Crippen molar-refractivity contribution in [2.75, 3.05) is 0 Å². The van der Waals surface area contributed by atoms with Crippen molar-refractivity contribution in [3.63, 3.8) is 0 Å². The zero-order valence-electron chi connectivity index (χ0n) is 16.0. The van der Waals surface area contributed by atoms with Gasteiger partial charge in [-0.1, -0.05) is 70.8 Å². The quantitative estimate of drug-likeness (QED) is 0.589. The van der Waals surface area contributed by atoms with E-state index < -0.39 is 17.7 Å². The second kappa shape index (κ2) is 8.88. The van der Waals surface area contributed by atoms with Crippen molar-refractivity contribution in [3.8, 4) is 0 Å². The van der Waals surface area contributed by atoms with E-state index in [1.54, 1.807) is 0 Å². The number of rotatable bonds is 8. The maximum atomic E-state index is 12.3. The third kappa shape index (κ3) is 4.28. The van der Waals surface area contributed by atoms with E-state index in [4.69, 9.17) is 9.57 Å². The SMILES string of the molecule is CCCC1=NOC(C(=O)O)(C(OCc2ccccc2C)c2ccc(Br)cc2)C1. The minimum atomic E-state index is -1.57. The number of hydrogen-bond acceptors (Lipinski definition) is 4. The predicted molar refractivity (Wildman–Crippen MR) is 111 cm³/mol. The van der Waals surface area contributed by atoms with Crippen molar-refractivity contribution < 1.29 is 19.5 Å². The molecule has 148 valence electrons. The van der Waals surface area contributed by atoms with E-state index in [-0.39, 0.29) is 13.0 Å². The molecular weight excluding hydrogens is 422 g/mol. The van der Waals surface area contributed by atoms with Gasteiger partial charge in [0.05, 0.1) is 12.3 Å². The molecule has 3 rings (SSSR count). The molecule has 2 unspecified atom stereocenters. The maximum Gasteiger partial charge on any atom is 0.354 e. The molecular formula is C22H24BrNO4. The van der Waals surface area contributed by atoms with Gasteiger partial charge in [-0.3, -0.25) is 0 Å². The van der Waals surface area contributed by atoms with Crippen LogP contribution in [0.4, 0.5) is 0 Å². The predicted octanol–water partition coefficient (Wildman–Crippen LogP) is 5.42. The first kappa shape index (κ1) is 20.6. The third-order valence-corrected chi connectivity index (χ3v) is 5.50. The zero-order chi connectivity index (χ0) is 20.1. The molecule has 1 N–H and O–H groups in total. The number of nitrogens with zero attached hydrogens (tertiary/aromatic N) is 1. The van der Waals surface area contributed by atoms with Gasteiger partial charge in [-0.15, -0.1) is 0 Å². The minimum Gasteiger partial charge on any atom is -0.478 e. The number of halogens is 1. The molecule has 28 heavy (non-hydrogen) atoms. The largest absolute Gasteiger partial charge is 0.478 e. The van der Waals surface area contributed by atoms with E-state index in [1.807, 2.05) is 62.4 Å². The molecule has 0 bridgehead atoms. The Morgan fingerprint density at radius 2 is 2.00 bits per heavy atom. The lowest BCUT2D eigenvalue weighted by Gasteiger charge is -2.31. The lowest BCUT2D eigenvalue weighted by Crippen LogP contribution is -2.46. The van der Waals surface area contributed by atoms with Gasteiger partial charge in [0.15, 0.2) is 0 Å². The number of aliphatic carboxylic acids is 1. The molecule has 1 heterocycles. The number of benzene rings is 2. The van der Waals surface area contributed by atoms with Gasteiger partial charge >= 0.3 is 5.97 Å². The first-order valence-corrected chi connectivity index (χ1v) is 10.1. The summed E-state index contributed by atoms with van der Waals surface area (Å²) in [5.74, 6) is -1.07. The van der Waals surface area contributed by atoms with Gasteiger partial charge in [-0.2, -0.15) is 0 Å². The van der Waals surface area contributed by atoms with Crippen LogP contribution in [-0.2, 0) is 21.0 Å². The molecule has 0 amide bonds. The molecule has 1 aliphatic heterocycles. The summed E-state index contributed by atoms with van der Waals surface area (Å²) in [6.45, 7) is 4.33. The molecule has 0 saturated heterocycles. The van der Waals surface area contributed by atoms with Gasteiger partial charge in [0.1, 0.15) is 6.10 Å². The van der Waals surface area contributed by atoms with E-state index in [0.29, 0.717) is 6.42 Å². The summed E-state index contributed by atoms with van der Waals surface area (Å²) in [4.78, 5) is 17.9. The van der Waals surface area contributed by atoms with Crippen LogP contribution in [0.15, 0.2) is 58.2 Å². The summed E-state index contributed by atoms with van der Waals surface area (Å²) in [5, 5.41) is 14.2. The van der Waals surface area contributed by atoms with Gasteiger partial charge < -0.3 is 14.7 Å². The molecule has 1 aliphatic rings. The third-order valence-electron chi connectivity index (χ3n) is 4.97. The standard InChI is InChI=1S/C22H24BrNO4/c1-3-6-19-13-22(21(25)26,28-24-19)20(16-9-11-18(23)12-10-16)27-14-17-8-5-4-7-15(17)2/h4-5,7-12,20H,3,6,13-14H2,1-2H3,(H,25,26). The van der Waals surface area contributed by atoms with Crippen LogP contribution in [0.2, 0.25) is 0 Å². The van der Waals surface area contributed by atoms with Crippen LogP contribution in [0, 0.1) is 6.92 Å². The van der Waals surface area contributed by atoms with Crippen molar-refractivity contribution >= 4 is 27.6 Å². The van der Waals surface area contributed by atoms with Crippen LogP contribution in [0.25, 0.3) is 0 Å². The molecule has 2 atom stereocenters. The highest BCUT2D eigenvalue weighted by molar-refractivity contribution is 9.10. The topological polar surface area (TPSA) is 68.1 Å². The van der Waals surface area contributed by atoms with Gasteiger partial charge in [0.2, 0.25) is 0 Å². The van der Waals surface area contributed by atoms with Crippen molar-refractivity contribution in [2.24, 2.45) is 5.16 Å².